The van der Waals surface area contributed by atoms with Gasteiger partial charge in [0.1, 0.15) is 11.3 Å². The predicted molar refractivity (Wildman–Crippen MR) is 74.1 cm³/mol. The molecule has 0 saturated carbocycles. The van der Waals surface area contributed by atoms with Gasteiger partial charge >= 0.3 is 5.97 Å². The van der Waals surface area contributed by atoms with E-state index in [4.69, 9.17) is 0 Å². The molecule has 0 spiro atoms. The number of hydrogen-bond donors (Lipinski definition) is 2. The molecule has 0 atom stereocenters. The number of H-pyrrole nitrogens is 2. The zero-order chi connectivity index (χ0) is 14.1. The van der Waals surface area contributed by atoms with E-state index in [-0.39, 0.29) is 0 Å². The average Bonchev–Trinajstić information content (AvgIpc) is 3.13. The van der Waals surface area contributed by atoms with Crippen molar-refractivity contribution in [2.75, 3.05) is 19.1 Å². The number of rotatable bonds is 3. The van der Waals surface area contributed by atoms with Crippen molar-refractivity contribution in [1.82, 2.24) is 19.9 Å². The fourth-order valence-corrected chi connectivity index (χ4v) is 1.97. The van der Waals surface area contributed by atoms with E-state index in [1.54, 1.807) is 24.7 Å². The van der Waals surface area contributed by atoms with E-state index in [1.165, 1.54) is 7.11 Å². The Labute approximate surface area is 114 Å². The first kappa shape index (κ1) is 12.2. The highest BCUT2D eigenvalue weighted by Gasteiger charge is 2.12. The maximum atomic E-state index is 11.5. The molecule has 0 aliphatic heterocycles. The number of fused-ring (bicyclic) bond motifs is 1. The van der Waals surface area contributed by atoms with Crippen molar-refractivity contribution < 1.29 is 9.53 Å². The smallest absolute Gasteiger partial charge is 0.354 e. The second kappa shape index (κ2) is 4.69. The van der Waals surface area contributed by atoms with Crippen molar-refractivity contribution in [3.05, 3.63) is 36.4 Å². The highest BCUT2D eigenvalue weighted by Crippen LogP contribution is 2.23. The van der Waals surface area contributed by atoms with E-state index in [0.29, 0.717) is 11.3 Å². The standard InChI is InChI=1S/C13H13N5O2/c1-18(13-14-3-4-15-13)9-5-8-6-10(12(19)20-2)17-11(8)16-7-9/h3-7H,1-2H3,(H,14,15)(H,16,17). The molecule has 7 nitrogen and oxygen atoms in total. The normalized spacial score (nSPS) is 10.7. The van der Waals surface area contributed by atoms with Crippen LogP contribution in [0.1, 0.15) is 10.5 Å². The Bertz CT molecular complexity index is 747. The molecule has 20 heavy (non-hydrogen) atoms. The molecule has 0 saturated heterocycles. The van der Waals surface area contributed by atoms with Crippen LogP contribution in [0.3, 0.4) is 0 Å². The summed E-state index contributed by atoms with van der Waals surface area (Å²) in [5, 5.41) is 0.835. The molecule has 3 rings (SSSR count). The molecule has 0 unspecified atom stereocenters. The van der Waals surface area contributed by atoms with Crippen molar-refractivity contribution in [2.24, 2.45) is 0 Å². The van der Waals surface area contributed by atoms with E-state index in [2.05, 4.69) is 24.7 Å². The van der Waals surface area contributed by atoms with E-state index in [0.717, 1.165) is 17.0 Å². The summed E-state index contributed by atoms with van der Waals surface area (Å²) in [4.78, 5) is 27.8. The number of nitrogens with zero attached hydrogens (tertiary/aromatic N) is 3. The van der Waals surface area contributed by atoms with Gasteiger partial charge in [-0.05, 0) is 12.1 Å². The van der Waals surface area contributed by atoms with Gasteiger partial charge in [0.25, 0.3) is 0 Å². The maximum absolute atomic E-state index is 11.5. The highest BCUT2D eigenvalue weighted by molar-refractivity contribution is 5.94. The van der Waals surface area contributed by atoms with Crippen molar-refractivity contribution in [1.29, 1.82) is 0 Å². The molecular weight excluding hydrogens is 258 g/mol. The highest BCUT2D eigenvalue weighted by atomic mass is 16.5. The van der Waals surface area contributed by atoms with Crippen LogP contribution in [0.15, 0.2) is 30.7 Å². The van der Waals surface area contributed by atoms with Gasteiger partial charge in [-0.1, -0.05) is 0 Å². The first-order valence-corrected chi connectivity index (χ1v) is 5.99. The number of hydrogen-bond acceptors (Lipinski definition) is 5. The SMILES string of the molecule is COC(=O)c1cc2cc(N(C)c3ncc[nH]3)cnc2[nH]1. The summed E-state index contributed by atoms with van der Waals surface area (Å²) in [5.41, 5.74) is 1.89. The van der Waals surface area contributed by atoms with Crippen LogP contribution in [0.5, 0.6) is 0 Å². The van der Waals surface area contributed by atoms with E-state index in [1.807, 2.05) is 18.0 Å². The van der Waals surface area contributed by atoms with E-state index >= 15 is 0 Å². The largest absolute Gasteiger partial charge is 0.464 e. The number of carbonyl (C=O) groups is 1. The van der Waals surface area contributed by atoms with Gasteiger partial charge in [0.2, 0.25) is 5.95 Å². The van der Waals surface area contributed by atoms with Crippen LogP contribution in [0.2, 0.25) is 0 Å². The van der Waals surface area contributed by atoms with E-state index < -0.39 is 5.97 Å². The Morgan fingerprint density at radius 2 is 2.20 bits per heavy atom. The van der Waals surface area contributed by atoms with E-state index in [9.17, 15) is 4.79 Å². The molecule has 0 bridgehead atoms. The molecule has 0 aliphatic carbocycles. The predicted octanol–water partition coefficient (Wildman–Crippen LogP) is 1.84. The lowest BCUT2D eigenvalue weighted by atomic mass is 10.3. The number of nitrogens with one attached hydrogen (secondary N) is 2. The van der Waals surface area contributed by atoms with Crippen molar-refractivity contribution in [3.63, 3.8) is 0 Å². The quantitative estimate of drug-likeness (QED) is 0.710. The van der Waals surface area contributed by atoms with Gasteiger partial charge in [0.15, 0.2) is 0 Å². The van der Waals surface area contributed by atoms with Crippen molar-refractivity contribution in [3.8, 4) is 0 Å². The molecule has 3 aromatic heterocycles. The maximum Gasteiger partial charge on any atom is 0.354 e. The average molecular weight is 271 g/mol. The number of anilines is 2. The lowest BCUT2D eigenvalue weighted by molar-refractivity contribution is 0.0595. The summed E-state index contributed by atoms with van der Waals surface area (Å²) in [6.07, 6.45) is 5.15. The van der Waals surface area contributed by atoms with Crippen LogP contribution in [-0.2, 0) is 4.74 Å². The summed E-state index contributed by atoms with van der Waals surface area (Å²) in [5.74, 6) is 0.304. The number of aromatic nitrogens is 4. The molecule has 0 fully saturated rings. The molecule has 102 valence electrons. The Morgan fingerprint density at radius 1 is 1.35 bits per heavy atom. The zero-order valence-corrected chi connectivity index (χ0v) is 11.0. The topological polar surface area (TPSA) is 86.9 Å². The Hall–Kier alpha value is -2.83. The molecular formula is C13H13N5O2. The Balaban J connectivity index is 2.00. The molecule has 2 N–H and O–H groups in total. The first-order chi connectivity index (χ1) is 9.69. The summed E-state index contributed by atoms with van der Waals surface area (Å²) in [6, 6.07) is 3.64. The lowest BCUT2D eigenvalue weighted by Crippen LogP contribution is -2.11. The van der Waals surface area contributed by atoms with Gasteiger partial charge in [0, 0.05) is 24.8 Å². The van der Waals surface area contributed by atoms with Gasteiger partial charge in [-0.2, -0.15) is 0 Å². The third-order valence-electron chi connectivity index (χ3n) is 3.05. The molecule has 0 amide bonds. The van der Waals surface area contributed by atoms with Gasteiger partial charge in [0.05, 0.1) is 19.0 Å². The number of methoxy groups -OCH3 is 1. The van der Waals surface area contributed by atoms with Crippen molar-refractivity contribution in [2.45, 2.75) is 0 Å². The number of carbonyl (C=O) groups excluding carboxylic acids is 1. The fourth-order valence-electron chi connectivity index (χ4n) is 1.97. The molecule has 3 aromatic rings. The van der Waals surface area contributed by atoms with Crippen LogP contribution in [-0.4, -0.2) is 40.1 Å². The number of esters is 1. The monoisotopic (exact) mass is 271 g/mol. The second-order valence-electron chi connectivity index (χ2n) is 4.28. The molecule has 3 heterocycles. The minimum Gasteiger partial charge on any atom is -0.464 e. The van der Waals surface area contributed by atoms with Gasteiger partial charge in [-0.3, -0.25) is 0 Å². The van der Waals surface area contributed by atoms with Gasteiger partial charge in [-0.15, -0.1) is 0 Å². The number of imidazole rings is 1. The summed E-state index contributed by atoms with van der Waals surface area (Å²) >= 11 is 0. The minimum atomic E-state index is -0.413. The van der Waals surface area contributed by atoms with Crippen molar-refractivity contribution >= 4 is 28.6 Å². The minimum absolute atomic E-state index is 0.382. The van der Waals surface area contributed by atoms with Crippen LogP contribution >= 0.6 is 0 Å². The summed E-state index contributed by atoms with van der Waals surface area (Å²) < 4.78 is 4.68. The van der Waals surface area contributed by atoms with Crippen LogP contribution < -0.4 is 4.90 Å². The number of aromatic amines is 2. The first-order valence-electron chi connectivity index (χ1n) is 5.99. The molecule has 0 radical (unpaired) electrons. The third kappa shape index (κ3) is 1.99. The zero-order valence-electron chi connectivity index (χ0n) is 11.0. The lowest BCUT2D eigenvalue weighted by Gasteiger charge is -2.15. The van der Waals surface area contributed by atoms with Gasteiger partial charge in [-0.25, -0.2) is 14.8 Å². The molecule has 0 aromatic carbocycles. The number of ether oxygens (including phenoxy) is 1. The molecule has 7 heteroatoms. The molecule has 0 aliphatic rings. The summed E-state index contributed by atoms with van der Waals surface area (Å²) in [7, 11) is 3.23. The summed E-state index contributed by atoms with van der Waals surface area (Å²) in [6.45, 7) is 0. The second-order valence-corrected chi connectivity index (χ2v) is 4.28. The van der Waals surface area contributed by atoms with Crippen LogP contribution in [0.4, 0.5) is 11.6 Å². The van der Waals surface area contributed by atoms with Crippen LogP contribution in [0.25, 0.3) is 11.0 Å². The van der Waals surface area contributed by atoms with Gasteiger partial charge < -0.3 is 19.6 Å². The third-order valence-corrected chi connectivity index (χ3v) is 3.05. The van der Waals surface area contributed by atoms with Crippen LogP contribution in [0, 0.1) is 0 Å². The Morgan fingerprint density at radius 3 is 2.90 bits per heavy atom. The number of pyridine rings is 1. The Kier molecular flexibility index (Phi) is 2.86. The fraction of sp³-hybridized carbons (Fsp3) is 0.154.